The van der Waals surface area contributed by atoms with Crippen molar-refractivity contribution in [2.45, 2.75) is 13.3 Å². The normalized spacial score (nSPS) is 10.2. The number of carbonyl (C=O) groups excluding carboxylic acids is 1. The van der Waals surface area contributed by atoms with Crippen LogP contribution in [0.25, 0.3) is 0 Å². The van der Waals surface area contributed by atoms with Crippen molar-refractivity contribution in [2.24, 2.45) is 5.73 Å². The first-order chi connectivity index (χ1) is 8.10. The number of aliphatic hydroxyl groups excluding tert-OH is 1. The Morgan fingerprint density at radius 3 is 2.76 bits per heavy atom. The van der Waals surface area contributed by atoms with Crippen molar-refractivity contribution < 1.29 is 9.90 Å². The maximum absolute atomic E-state index is 11.2. The molecule has 0 unspecified atom stereocenters. The van der Waals surface area contributed by atoms with Crippen LogP contribution in [0.1, 0.15) is 23.7 Å². The number of aliphatic hydroxyl groups is 1. The van der Waals surface area contributed by atoms with Crippen molar-refractivity contribution in [3.05, 3.63) is 17.8 Å². The number of pyridine rings is 1. The largest absolute Gasteiger partial charge is 0.397 e. The number of anilines is 2. The van der Waals surface area contributed by atoms with Crippen molar-refractivity contribution in [1.82, 2.24) is 4.98 Å². The standard InChI is InChI=1S/C11H18N4O2/c1-2-3-15(4-5-16)10-6-8(11(13)17)9(12)7-14-10/h6-7,16H,2-5,12H2,1H3,(H2,13,17). The topological polar surface area (TPSA) is 105 Å². The smallest absolute Gasteiger partial charge is 0.250 e. The molecule has 0 spiro atoms. The van der Waals surface area contributed by atoms with E-state index in [1.54, 1.807) is 6.07 Å². The molecule has 1 amide bonds. The molecule has 6 nitrogen and oxygen atoms in total. The molecule has 0 aliphatic heterocycles. The summed E-state index contributed by atoms with van der Waals surface area (Å²) in [7, 11) is 0. The predicted molar refractivity (Wildman–Crippen MR) is 66.8 cm³/mol. The molecule has 0 bridgehead atoms. The quantitative estimate of drug-likeness (QED) is 0.645. The highest BCUT2D eigenvalue weighted by Crippen LogP contribution is 2.17. The van der Waals surface area contributed by atoms with Gasteiger partial charge in [0.25, 0.3) is 5.91 Å². The number of nitrogens with two attached hydrogens (primary N) is 2. The molecular formula is C11H18N4O2. The van der Waals surface area contributed by atoms with E-state index in [2.05, 4.69) is 4.98 Å². The van der Waals surface area contributed by atoms with Gasteiger partial charge in [-0.2, -0.15) is 0 Å². The van der Waals surface area contributed by atoms with Gasteiger partial charge < -0.3 is 21.5 Å². The number of aromatic nitrogens is 1. The van der Waals surface area contributed by atoms with E-state index >= 15 is 0 Å². The number of primary amides is 1. The summed E-state index contributed by atoms with van der Waals surface area (Å²) >= 11 is 0. The summed E-state index contributed by atoms with van der Waals surface area (Å²) in [6.07, 6.45) is 2.33. The number of carbonyl (C=O) groups is 1. The first kappa shape index (κ1) is 13.2. The van der Waals surface area contributed by atoms with Gasteiger partial charge in [-0.1, -0.05) is 6.92 Å². The van der Waals surface area contributed by atoms with E-state index in [0.717, 1.165) is 13.0 Å². The summed E-state index contributed by atoms with van der Waals surface area (Å²) < 4.78 is 0. The number of nitrogen functional groups attached to an aromatic ring is 1. The number of hydrogen-bond donors (Lipinski definition) is 3. The van der Waals surface area contributed by atoms with Crippen LogP contribution in [0.5, 0.6) is 0 Å². The average molecular weight is 238 g/mol. The molecule has 0 radical (unpaired) electrons. The Bertz CT molecular complexity index is 389. The fourth-order valence-corrected chi connectivity index (χ4v) is 1.57. The Morgan fingerprint density at radius 1 is 1.53 bits per heavy atom. The van der Waals surface area contributed by atoms with Crippen LogP contribution < -0.4 is 16.4 Å². The van der Waals surface area contributed by atoms with Crippen molar-refractivity contribution in [3.63, 3.8) is 0 Å². The summed E-state index contributed by atoms with van der Waals surface area (Å²) in [5.74, 6) is 0.0236. The minimum atomic E-state index is -0.577. The Labute approximate surface area is 100 Å². The van der Waals surface area contributed by atoms with Crippen LogP contribution >= 0.6 is 0 Å². The maximum Gasteiger partial charge on any atom is 0.250 e. The lowest BCUT2D eigenvalue weighted by molar-refractivity contribution is 0.100. The van der Waals surface area contributed by atoms with E-state index in [-0.39, 0.29) is 17.9 Å². The number of nitrogens with zero attached hydrogens (tertiary/aromatic N) is 2. The van der Waals surface area contributed by atoms with Gasteiger partial charge in [0.2, 0.25) is 0 Å². The summed E-state index contributed by atoms with van der Waals surface area (Å²) in [5, 5.41) is 8.97. The van der Waals surface area contributed by atoms with Gasteiger partial charge in [0.05, 0.1) is 24.1 Å². The molecule has 5 N–H and O–H groups in total. The van der Waals surface area contributed by atoms with E-state index < -0.39 is 5.91 Å². The highest BCUT2D eigenvalue weighted by molar-refractivity contribution is 5.98. The van der Waals surface area contributed by atoms with E-state index in [4.69, 9.17) is 16.6 Å². The second kappa shape index (κ2) is 6.05. The van der Waals surface area contributed by atoms with E-state index in [1.807, 2.05) is 11.8 Å². The van der Waals surface area contributed by atoms with Crippen LogP contribution in [-0.4, -0.2) is 35.7 Å². The Kier molecular flexibility index (Phi) is 4.71. The molecule has 1 rings (SSSR count). The van der Waals surface area contributed by atoms with E-state index in [9.17, 15) is 4.79 Å². The zero-order valence-electron chi connectivity index (χ0n) is 9.89. The Morgan fingerprint density at radius 2 is 2.24 bits per heavy atom. The minimum absolute atomic E-state index is 0.0258. The molecule has 1 heterocycles. The van der Waals surface area contributed by atoms with Crippen LogP contribution in [0, 0.1) is 0 Å². The fourth-order valence-electron chi connectivity index (χ4n) is 1.57. The highest BCUT2D eigenvalue weighted by atomic mass is 16.3. The van der Waals surface area contributed by atoms with Crippen molar-refractivity contribution in [1.29, 1.82) is 0 Å². The van der Waals surface area contributed by atoms with Crippen LogP contribution in [0.2, 0.25) is 0 Å². The Balaban J connectivity index is 3.03. The molecule has 0 fully saturated rings. The molecule has 0 aliphatic carbocycles. The zero-order chi connectivity index (χ0) is 12.8. The van der Waals surface area contributed by atoms with Gasteiger partial charge in [-0.15, -0.1) is 0 Å². The van der Waals surface area contributed by atoms with Crippen LogP contribution in [0.3, 0.4) is 0 Å². The van der Waals surface area contributed by atoms with Crippen LogP contribution in [0.15, 0.2) is 12.3 Å². The first-order valence-electron chi connectivity index (χ1n) is 5.51. The lowest BCUT2D eigenvalue weighted by Gasteiger charge is -2.22. The minimum Gasteiger partial charge on any atom is -0.397 e. The molecule has 0 saturated carbocycles. The third-order valence-electron chi connectivity index (χ3n) is 2.37. The van der Waals surface area contributed by atoms with Crippen molar-refractivity contribution in [2.75, 3.05) is 30.3 Å². The summed E-state index contributed by atoms with van der Waals surface area (Å²) in [5.41, 5.74) is 11.3. The van der Waals surface area contributed by atoms with Crippen molar-refractivity contribution >= 4 is 17.4 Å². The molecule has 0 saturated heterocycles. The van der Waals surface area contributed by atoms with E-state index in [1.165, 1.54) is 6.20 Å². The van der Waals surface area contributed by atoms with Crippen LogP contribution in [-0.2, 0) is 0 Å². The highest BCUT2D eigenvalue weighted by Gasteiger charge is 2.12. The Hall–Kier alpha value is -1.82. The fraction of sp³-hybridized carbons (Fsp3) is 0.455. The zero-order valence-corrected chi connectivity index (χ0v) is 9.89. The molecule has 6 heteroatoms. The SMILES string of the molecule is CCCN(CCO)c1cc(C(N)=O)c(N)cn1. The molecule has 0 atom stereocenters. The van der Waals surface area contributed by atoms with Gasteiger partial charge in [-0.3, -0.25) is 4.79 Å². The number of rotatable bonds is 6. The lowest BCUT2D eigenvalue weighted by atomic mass is 10.2. The predicted octanol–water partition coefficient (Wildman–Crippen LogP) is -0.0286. The number of amides is 1. The molecule has 1 aromatic rings. The van der Waals surface area contributed by atoms with Gasteiger partial charge in [0.15, 0.2) is 0 Å². The molecule has 94 valence electrons. The first-order valence-corrected chi connectivity index (χ1v) is 5.51. The third kappa shape index (κ3) is 3.32. The third-order valence-corrected chi connectivity index (χ3v) is 2.37. The number of hydrogen-bond acceptors (Lipinski definition) is 5. The molecular weight excluding hydrogens is 220 g/mol. The second-order valence-corrected chi connectivity index (χ2v) is 3.70. The molecule has 17 heavy (non-hydrogen) atoms. The van der Waals surface area contributed by atoms with Gasteiger partial charge in [-0.05, 0) is 12.5 Å². The second-order valence-electron chi connectivity index (χ2n) is 3.70. The van der Waals surface area contributed by atoms with Gasteiger partial charge >= 0.3 is 0 Å². The summed E-state index contributed by atoms with van der Waals surface area (Å²) in [6, 6.07) is 1.56. The van der Waals surface area contributed by atoms with Gasteiger partial charge in [0.1, 0.15) is 5.82 Å². The van der Waals surface area contributed by atoms with Crippen LogP contribution in [0.4, 0.5) is 11.5 Å². The monoisotopic (exact) mass is 238 g/mol. The summed E-state index contributed by atoms with van der Waals surface area (Å²) in [4.78, 5) is 17.2. The van der Waals surface area contributed by atoms with Gasteiger partial charge in [-0.25, -0.2) is 4.98 Å². The molecule has 1 aromatic heterocycles. The lowest BCUT2D eigenvalue weighted by Crippen LogP contribution is -2.29. The van der Waals surface area contributed by atoms with E-state index in [0.29, 0.717) is 12.4 Å². The molecule has 0 aliphatic rings. The van der Waals surface area contributed by atoms with Gasteiger partial charge in [0, 0.05) is 13.1 Å². The van der Waals surface area contributed by atoms with Crippen molar-refractivity contribution in [3.8, 4) is 0 Å². The molecule has 0 aromatic carbocycles. The average Bonchev–Trinajstić information content (AvgIpc) is 2.29. The summed E-state index contributed by atoms with van der Waals surface area (Å²) in [6.45, 7) is 3.26. The maximum atomic E-state index is 11.2.